The van der Waals surface area contributed by atoms with Crippen molar-refractivity contribution < 1.29 is 12.6 Å². The van der Waals surface area contributed by atoms with E-state index in [1.54, 1.807) is 0 Å². The van der Waals surface area contributed by atoms with Crippen LogP contribution in [0.1, 0.15) is 92.9 Å². The minimum Gasteiger partial charge on any atom is -0.267 e. The van der Waals surface area contributed by atoms with Crippen molar-refractivity contribution in [3.8, 4) is 0 Å². The van der Waals surface area contributed by atoms with E-state index in [-0.39, 0.29) is 0 Å². The second kappa shape index (κ2) is 12.2. The first kappa shape index (κ1) is 27.1. The van der Waals surface area contributed by atoms with Gasteiger partial charge in [-0.2, -0.15) is 0 Å². The summed E-state index contributed by atoms with van der Waals surface area (Å²) in [4.78, 5) is 3.47. The van der Waals surface area contributed by atoms with E-state index in [4.69, 9.17) is 0 Å². The zero-order valence-corrected chi connectivity index (χ0v) is 22.3. The lowest BCUT2D eigenvalue weighted by molar-refractivity contribution is 0.654. The maximum absolute atomic E-state index is 11.9. The van der Waals surface area contributed by atoms with Gasteiger partial charge >= 0.3 is 0 Å². The van der Waals surface area contributed by atoms with Crippen LogP contribution in [0.4, 0.5) is 0 Å². The first-order chi connectivity index (χ1) is 13.5. The van der Waals surface area contributed by atoms with Crippen molar-refractivity contribution in [1.29, 1.82) is 0 Å². The standard InChI is InChI=1S/2C8H16OS.C7H14OS/c2*1-8(2)10(9)6-4-3-5-7-10;1-7(2)9(8)5-3-4-6-9/h2*3-7H2,1-2H3;3-6H2,1-2H3. The normalized spacial score (nSPS) is 24.2. The SMILES string of the molecule is CC(C)=S1(=O)CCCC1.CC(C)=S1(=O)CCCCC1.CC(C)=S1(=O)CCCCC1. The van der Waals surface area contributed by atoms with Crippen molar-refractivity contribution in [2.45, 2.75) is 92.9 Å². The molecule has 6 heteroatoms. The zero-order valence-electron chi connectivity index (χ0n) is 19.8. The zero-order chi connectivity index (χ0) is 22.1. The highest BCUT2D eigenvalue weighted by Gasteiger charge is 2.15. The molecule has 3 rings (SSSR count). The summed E-state index contributed by atoms with van der Waals surface area (Å²) in [5.41, 5.74) is 0. The summed E-state index contributed by atoms with van der Waals surface area (Å²) in [6, 6.07) is 0. The summed E-state index contributed by atoms with van der Waals surface area (Å²) in [7, 11) is -4.43. The first-order valence-electron chi connectivity index (χ1n) is 11.3. The Morgan fingerprint density at radius 2 is 0.552 bits per heavy atom. The molecule has 0 aromatic rings. The van der Waals surface area contributed by atoms with E-state index in [0.29, 0.717) is 0 Å². The Hall–Kier alpha value is 0.0600. The molecule has 0 atom stereocenters. The summed E-state index contributed by atoms with van der Waals surface area (Å²) < 4.78 is 35.4. The van der Waals surface area contributed by atoms with Crippen molar-refractivity contribution in [2.24, 2.45) is 0 Å². The Labute approximate surface area is 182 Å². The van der Waals surface area contributed by atoms with E-state index in [2.05, 4.69) is 0 Å². The van der Waals surface area contributed by atoms with Gasteiger partial charge in [0.25, 0.3) is 0 Å². The van der Waals surface area contributed by atoms with E-state index in [0.717, 1.165) is 49.1 Å². The molecule has 29 heavy (non-hydrogen) atoms. The Balaban J connectivity index is 0.000000218. The summed E-state index contributed by atoms with van der Waals surface area (Å²) in [5, 5.41) is 0. The largest absolute Gasteiger partial charge is 0.267 e. The molecule has 174 valence electrons. The molecule has 0 unspecified atom stereocenters. The van der Waals surface area contributed by atoms with Crippen molar-refractivity contribution in [2.75, 3.05) is 34.5 Å². The van der Waals surface area contributed by atoms with E-state index >= 15 is 0 Å². The summed E-state index contributed by atoms with van der Waals surface area (Å²) >= 11 is 0. The van der Waals surface area contributed by atoms with Crippen LogP contribution in [-0.2, 0) is 28.6 Å². The van der Waals surface area contributed by atoms with Gasteiger partial charge in [-0.15, -0.1) is 0 Å². The number of hydrogen-bond donors (Lipinski definition) is 0. The quantitative estimate of drug-likeness (QED) is 0.490. The summed E-state index contributed by atoms with van der Waals surface area (Å²) in [6.07, 6.45) is 9.59. The maximum atomic E-state index is 11.9. The van der Waals surface area contributed by atoms with Crippen LogP contribution in [0.3, 0.4) is 0 Å². The highest BCUT2D eigenvalue weighted by molar-refractivity contribution is 8.03. The molecule has 3 aliphatic rings. The number of hydrogen-bond acceptors (Lipinski definition) is 3. The van der Waals surface area contributed by atoms with Gasteiger partial charge in [0.05, 0.1) is 0 Å². The Morgan fingerprint density at radius 3 is 0.690 bits per heavy atom. The Morgan fingerprint density at radius 1 is 0.379 bits per heavy atom. The van der Waals surface area contributed by atoms with E-state index < -0.39 is 28.6 Å². The van der Waals surface area contributed by atoms with Gasteiger partial charge in [-0.1, -0.05) is 12.8 Å². The van der Waals surface area contributed by atoms with Gasteiger partial charge in [0.2, 0.25) is 0 Å². The average Bonchev–Trinajstić information content (AvgIpc) is 3.12. The second-order valence-electron chi connectivity index (χ2n) is 9.21. The van der Waals surface area contributed by atoms with Crippen molar-refractivity contribution >= 4 is 43.2 Å². The van der Waals surface area contributed by atoms with Crippen LogP contribution in [0.15, 0.2) is 0 Å². The molecular formula is C23H46O3S3. The van der Waals surface area contributed by atoms with Crippen LogP contribution in [-0.4, -0.2) is 61.7 Å². The lowest BCUT2D eigenvalue weighted by atomic mass is 10.3. The van der Waals surface area contributed by atoms with Crippen LogP contribution >= 0.6 is 0 Å². The molecule has 0 bridgehead atoms. The minimum atomic E-state index is -1.49. The molecular weight excluding hydrogens is 420 g/mol. The molecule has 3 saturated heterocycles. The third-order valence-corrected chi connectivity index (χ3v) is 16.5. The Kier molecular flexibility index (Phi) is 11.4. The van der Waals surface area contributed by atoms with Gasteiger partial charge in [-0.3, -0.25) is 12.6 Å². The molecule has 3 aliphatic heterocycles. The smallest absolute Gasteiger partial charge is 0.0164 e. The molecule has 3 nitrogen and oxygen atoms in total. The minimum absolute atomic E-state index is 0.954. The van der Waals surface area contributed by atoms with E-state index in [1.165, 1.54) is 51.4 Å². The van der Waals surface area contributed by atoms with Gasteiger partial charge < -0.3 is 0 Å². The van der Waals surface area contributed by atoms with Crippen molar-refractivity contribution in [3.63, 3.8) is 0 Å². The molecule has 0 saturated carbocycles. The van der Waals surface area contributed by atoms with Gasteiger partial charge in [0.1, 0.15) is 0 Å². The topological polar surface area (TPSA) is 51.2 Å². The van der Waals surface area contributed by atoms with Crippen LogP contribution in [0, 0.1) is 0 Å². The van der Waals surface area contributed by atoms with Gasteiger partial charge in [-0.05, 0) is 123 Å². The number of rotatable bonds is 0. The summed E-state index contributed by atoms with van der Waals surface area (Å²) in [5.74, 6) is 5.72. The van der Waals surface area contributed by atoms with Gasteiger partial charge in [0, 0.05) is 34.5 Å². The fraction of sp³-hybridized carbons (Fsp3) is 0.870. The average molecular weight is 467 g/mol. The molecule has 0 radical (unpaired) electrons. The molecule has 0 aromatic carbocycles. The second-order valence-corrected chi connectivity index (χ2v) is 19.0. The fourth-order valence-electron chi connectivity index (χ4n) is 3.90. The van der Waals surface area contributed by atoms with Crippen LogP contribution in [0.2, 0.25) is 0 Å². The van der Waals surface area contributed by atoms with Crippen LogP contribution in [0.25, 0.3) is 0 Å². The third-order valence-electron chi connectivity index (χ3n) is 6.33. The van der Waals surface area contributed by atoms with Crippen molar-refractivity contribution in [3.05, 3.63) is 0 Å². The molecule has 3 fully saturated rings. The third kappa shape index (κ3) is 8.60. The predicted molar refractivity (Wildman–Crippen MR) is 140 cm³/mol. The summed E-state index contributed by atoms with van der Waals surface area (Å²) in [6.45, 7) is 12.0. The molecule has 0 aliphatic carbocycles. The first-order valence-corrected chi connectivity index (χ1v) is 17.0. The van der Waals surface area contributed by atoms with E-state index in [9.17, 15) is 12.6 Å². The molecule has 0 spiro atoms. The van der Waals surface area contributed by atoms with Crippen LogP contribution < -0.4 is 0 Å². The monoisotopic (exact) mass is 466 g/mol. The van der Waals surface area contributed by atoms with Crippen molar-refractivity contribution in [1.82, 2.24) is 0 Å². The lowest BCUT2D eigenvalue weighted by Gasteiger charge is -2.17. The maximum Gasteiger partial charge on any atom is 0.0164 e. The highest BCUT2D eigenvalue weighted by atomic mass is 32.2. The fourth-order valence-corrected chi connectivity index (χ4v) is 11.0. The predicted octanol–water partition coefficient (Wildman–Crippen LogP) is 4.61. The molecule has 0 aromatic heterocycles. The lowest BCUT2D eigenvalue weighted by Crippen LogP contribution is -2.21. The highest BCUT2D eigenvalue weighted by Crippen LogP contribution is 2.14. The van der Waals surface area contributed by atoms with Crippen LogP contribution in [0.5, 0.6) is 0 Å². The van der Waals surface area contributed by atoms with Gasteiger partial charge in [-0.25, -0.2) is 0 Å². The molecule has 0 N–H and O–H groups in total. The van der Waals surface area contributed by atoms with E-state index in [1.807, 2.05) is 41.5 Å². The van der Waals surface area contributed by atoms with Gasteiger partial charge in [0.15, 0.2) is 0 Å². The molecule has 0 amide bonds. The Bertz CT molecular complexity index is 788. The molecule has 3 heterocycles.